The molecule has 1 aliphatic heterocycles. The minimum absolute atomic E-state index is 0.0234. The van der Waals surface area contributed by atoms with Gasteiger partial charge in [0.1, 0.15) is 5.60 Å². The van der Waals surface area contributed by atoms with Crippen LogP contribution >= 0.6 is 0 Å². The van der Waals surface area contributed by atoms with Crippen LogP contribution < -0.4 is 5.32 Å². The third-order valence-corrected chi connectivity index (χ3v) is 3.07. The highest BCUT2D eigenvalue weighted by Gasteiger charge is 2.32. The van der Waals surface area contributed by atoms with Gasteiger partial charge in [-0.1, -0.05) is 0 Å². The predicted molar refractivity (Wildman–Crippen MR) is 65.8 cm³/mol. The van der Waals surface area contributed by atoms with Crippen LogP contribution in [0, 0.1) is 15.9 Å². The van der Waals surface area contributed by atoms with E-state index in [1.807, 2.05) is 0 Å². The summed E-state index contributed by atoms with van der Waals surface area (Å²) in [6.07, 6.45) is 0.405. The molecular weight excluding hydrogens is 271 g/mol. The number of aliphatic hydroxyl groups is 1. The number of nitro groups is 1. The monoisotopic (exact) mass is 284 g/mol. The van der Waals surface area contributed by atoms with Crippen molar-refractivity contribution in [2.24, 2.45) is 0 Å². The third kappa shape index (κ3) is 3.09. The second-order valence-corrected chi connectivity index (χ2v) is 4.63. The standard InChI is InChI=1S/C12H13FN2O5/c13-9-5-8(1-2-10(9)15(18)19)11(16)14-6-12(17)3-4-20-7-12/h1-2,5,17H,3-4,6-7H2,(H,14,16). The Morgan fingerprint density at radius 2 is 2.35 bits per heavy atom. The van der Waals surface area contributed by atoms with Crippen molar-refractivity contribution < 1.29 is 24.0 Å². The smallest absolute Gasteiger partial charge is 0.304 e. The quantitative estimate of drug-likeness (QED) is 0.623. The van der Waals surface area contributed by atoms with E-state index in [9.17, 15) is 24.4 Å². The summed E-state index contributed by atoms with van der Waals surface area (Å²) in [7, 11) is 0. The van der Waals surface area contributed by atoms with Crippen molar-refractivity contribution >= 4 is 11.6 Å². The molecule has 8 heteroatoms. The highest BCUT2D eigenvalue weighted by Crippen LogP contribution is 2.19. The number of carbonyl (C=O) groups excluding carboxylic acids is 1. The van der Waals surface area contributed by atoms with Crippen LogP contribution in [-0.4, -0.2) is 41.3 Å². The van der Waals surface area contributed by atoms with E-state index in [1.54, 1.807) is 0 Å². The highest BCUT2D eigenvalue weighted by atomic mass is 19.1. The molecule has 0 saturated carbocycles. The van der Waals surface area contributed by atoms with E-state index < -0.39 is 27.9 Å². The molecule has 1 heterocycles. The van der Waals surface area contributed by atoms with E-state index in [2.05, 4.69) is 5.32 Å². The summed E-state index contributed by atoms with van der Waals surface area (Å²) in [5.41, 5.74) is -1.85. The van der Waals surface area contributed by atoms with Crippen molar-refractivity contribution in [2.45, 2.75) is 12.0 Å². The van der Waals surface area contributed by atoms with Crippen molar-refractivity contribution in [2.75, 3.05) is 19.8 Å². The first-order valence-corrected chi connectivity index (χ1v) is 5.94. The molecule has 108 valence electrons. The van der Waals surface area contributed by atoms with Crippen molar-refractivity contribution in [1.82, 2.24) is 5.32 Å². The topological polar surface area (TPSA) is 102 Å². The summed E-state index contributed by atoms with van der Waals surface area (Å²) in [5.74, 6) is -1.69. The number of rotatable bonds is 4. The Kier molecular flexibility index (Phi) is 3.96. The Bertz CT molecular complexity index is 543. The molecule has 1 aromatic rings. The van der Waals surface area contributed by atoms with E-state index in [0.717, 1.165) is 18.2 Å². The molecule has 0 radical (unpaired) electrons. The molecule has 1 aliphatic rings. The van der Waals surface area contributed by atoms with Gasteiger partial charge >= 0.3 is 5.69 Å². The maximum atomic E-state index is 13.4. The maximum Gasteiger partial charge on any atom is 0.304 e. The van der Waals surface area contributed by atoms with Crippen LogP contribution in [0.3, 0.4) is 0 Å². The molecule has 0 aromatic heterocycles. The lowest BCUT2D eigenvalue weighted by molar-refractivity contribution is -0.387. The molecule has 1 atom stereocenters. The van der Waals surface area contributed by atoms with Crippen molar-refractivity contribution in [1.29, 1.82) is 0 Å². The average molecular weight is 284 g/mol. The molecule has 1 unspecified atom stereocenters. The number of nitrogens with one attached hydrogen (secondary N) is 1. The first kappa shape index (κ1) is 14.4. The van der Waals surface area contributed by atoms with Gasteiger partial charge < -0.3 is 15.2 Å². The number of halogens is 1. The van der Waals surface area contributed by atoms with Gasteiger partial charge in [-0.3, -0.25) is 14.9 Å². The van der Waals surface area contributed by atoms with Crippen LogP contribution in [0.1, 0.15) is 16.8 Å². The largest absolute Gasteiger partial charge is 0.386 e. The maximum absolute atomic E-state index is 13.4. The molecule has 2 N–H and O–H groups in total. The predicted octanol–water partition coefficient (Wildman–Crippen LogP) is 0.615. The van der Waals surface area contributed by atoms with Crippen LogP contribution in [0.15, 0.2) is 18.2 Å². The Balaban J connectivity index is 2.02. The fraction of sp³-hybridized carbons (Fsp3) is 0.417. The highest BCUT2D eigenvalue weighted by molar-refractivity contribution is 5.94. The average Bonchev–Trinajstić information content (AvgIpc) is 2.83. The van der Waals surface area contributed by atoms with Crippen molar-refractivity contribution in [3.05, 3.63) is 39.7 Å². The SMILES string of the molecule is O=C(NCC1(O)CCOC1)c1ccc([N+](=O)[O-])c(F)c1. The summed E-state index contributed by atoms with van der Waals surface area (Å²) < 4.78 is 18.4. The van der Waals surface area contributed by atoms with Gasteiger partial charge in [-0.15, -0.1) is 0 Å². The number of ether oxygens (including phenoxy) is 1. The molecule has 0 aliphatic carbocycles. The zero-order valence-electron chi connectivity index (χ0n) is 10.5. The fourth-order valence-corrected chi connectivity index (χ4v) is 1.88. The van der Waals surface area contributed by atoms with Gasteiger partial charge in [0.15, 0.2) is 0 Å². The first-order chi connectivity index (χ1) is 9.41. The van der Waals surface area contributed by atoms with Gasteiger partial charge in [-0.2, -0.15) is 4.39 Å². The van der Waals surface area contributed by atoms with Gasteiger partial charge in [-0.25, -0.2) is 0 Å². The zero-order valence-corrected chi connectivity index (χ0v) is 10.5. The molecule has 1 aromatic carbocycles. The third-order valence-electron chi connectivity index (χ3n) is 3.07. The van der Waals surface area contributed by atoms with E-state index >= 15 is 0 Å². The van der Waals surface area contributed by atoms with Crippen LogP contribution in [-0.2, 0) is 4.74 Å². The minimum atomic E-state index is -1.12. The number of amides is 1. The number of hydrogen-bond donors (Lipinski definition) is 2. The van der Waals surface area contributed by atoms with Crippen molar-refractivity contribution in [3.8, 4) is 0 Å². The zero-order chi connectivity index (χ0) is 14.8. The lowest BCUT2D eigenvalue weighted by atomic mass is 10.0. The molecule has 0 bridgehead atoms. The molecule has 7 nitrogen and oxygen atoms in total. The number of benzene rings is 1. The summed E-state index contributed by atoms with van der Waals surface area (Å²) in [6.45, 7) is 0.519. The van der Waals surface area contributed by atoms with Gasteiger partial charge in [-0.05, 0) is 12.1 Å². The molecule has 1 saturated heterocycles. The second-order valence-electron chi connectivity index (χ2n) is 4.63. The van der Waals surface area contributed by atoms with E-state index in [4.69, 9.17) is 4.74 Å². The summed E-state index contributed by atoms with van der Waals surface area (Å²) in [5, 5.41) is 22.9. The van der Waals surface area contributed by atoms with Crippen LogP contribution in [0.25, 0.3) is 0 Å². The Hall–Kier alpha value is -2.06. The van der Waals surface area contributed by atoms with Crippen molar-refractivity contribution in [3.63, 3.8) is 0 Å². The fourth-order valence-electron chi connectivity index (χ4n) is 1.88. The van der Waals surface area contributed by atoms with E-state index in [-0.39, 0.29) is 18.7 Å². The number of nitro benzene ring substituents is 1. The molecule has 0 spiro atoms. The number of hydrogen-bond acceptors (Lipinski definition) is 5. The van der Waals surface area contributed by atoms with Gasteiger partial charge in [0.2, 0.25) is 5.82 Å². The molecule has 1 amide bonds. The van der Waals surface area contributed by atoms with Gasteiger partial charge in [0.05, 0.1) is 11.5 Å². The Morgan fingerprint density at radius 1 is 1.60 bits per heavy atom. The Labute approximate surface area is 113 Å². The lowest BCUT2D eigenvalue weighted by Crippen LogP contribution is -2.43. The second kappa shape index (κ2) is 5.51. The first-order valence-electron chi connectivity index (χ1n) is 5.94. The molecule has 1 fully saturated rings. The lowest BCUT2D eigenvalue weighted by Gasteiger charge is -2.20. The molecular formula is C12H13FN2O5. The Morgan fingerprint density at radius 3 is 2.90 bits per heavy atom. The van der Waals surface area contributed by atoms with E-state index in [0.29, 0.717) is 13.0 Å². The molecule has 2 rings (SSSR count). The minimum Gasteiger partial charge on any atom is -0.386 e. The van der Waals surface area contributed by atoms with Gasteiger partial charge in [0, 0.05) is 31.2 Å². The van der Waals surface area contributed by atoms with Crippen LogP contribution in [0.5, 0.6) is 0 Å². The van der Waals surface area contributed by atoms with E-state index in [1.165, 1.54) is 0 Å². The number of nitrogens with zero attached hydrogens (tertiary/aromatic N) is 1. The molecule has 20 heavy (non-hydrogen) atoms. The van der Waals surface area contributed by atoms with Crippen LogP contribution in [0.2, 0.25) is 0 Å². The summed E-state index contributed by atoms with van der Waals surface area (Å²) in [6, 6.07) is 2.88. The number of carbonyl (C=O) groups is 1. The van der Waals surface area contributed by atoms with Crippen LogP contribution in [0.4, 0.5) is 10.1 Å². The summed E-state index contributed by atoms with van der Waals surface area (Å²) in [4.78, 5) is 21.4. The van der Waals surface area contributed by atoms with Gasteiger partial charge in [0.25, 0.3) is 5.91 Å². The normalized spacial score (nSPS) is 21.7. The summed E-state index contributed by atoms with van der Waals surface area (Å²) >= 11 is 0.